The fraction of sp³-hybridized carbons (Fsp3) is 0.333. The maximum atomic E-state index is 13.5. The molecule has 0 aliphatic carbocycles. The van der Waals surface area contributed by atoms with Crippen molar-refractivity contribution in [1.82, 2.24) is 5.32 Å². The summed E-state index contributed by atoms with van der Waals surface area (Å²) in [4.78, 5) is 21.5. The van der Waals surface area contributed by atoms with Crippen LogP contribution in [0.15, 0.2) is 12.1 Å². The van der Waals surface area contributed by atoms with Crippen LogP contribution in [0.3, 0.4) is 0 Å². The van der Waals surface area contributed by atoms with Crippen LogP contribution in [0.25, 0.3) is 0 Å². The number of rotatable bonds is 6. The van der Waals surface area contributed by atoms with Gasteiger partial charge in [-0.1, -0.05) is 0 Å². The number of carboxylic acid groups (broad SMARTS) is 1. The third kappa shape index (κ3) is 4.53. The van der Waals surface area contributed by atoms with Gasteiger partial charge in [0.2, 0.25) is 5.91 Å². The standard InChI is InChI=1S/C12H13F2NO4/c1-19-10-5-8(13)7(4-9(10)14)6-15-11(16)2-3-12(17)18/h4-5H,2-3,6H2,1H3,(H,15,16)(H,17,18). The Kier molecular flexibility index (Phi) is 5.23. The number of carbonyl (C=O) groups excluding carboxylic acids is 1. The number of aliphatic carboxylic acids is 1. The molecule has 0 unspecified atom stereocenters. The molecule has 0 bridgehead atoms. The molecule has 0 atom stereocenters. The van der Waals surface area contributed by atoms with E-state index in [0.717, 1.165) is 12.1 Å². The Morgan fingerprint density at radius 2 is 1.95 bits per heavy atom. The average molecular weight is 273 g/mol. The Bertz CT molecular complexity index is 491. The van der Waals surface area contributed by atoms with Gasteiger partial charge in [0.25, 0.3) is 0 Å². The molecule has 0 aliphatic heterocycles. The number of amides is 1. The van der Waals surface area contributed by atoms with Gasteiger partial charge < -0.3 is 15.2 Å². The smallest absolute Gasteiger partial charge is 0.303 e. The number of hydrogen-bond acceptors (Lipinski definition) is 3. The molecule has 0 fully saturated rings. The summed E-state index contributed by atoms with van der Waals surface area (Å²) < 4.78 is 31.4. The van der Waals surface area contributed by atoms with Gasteiger partial charge in [0, 0.05) is 24.6 Å². The molecule has 1 aromatic carbocycles. The van der Waals surface area contributed by atoms with Gasteiger partial charge in [-0.05, 0) is 6.07 Å². The van der Waals surface area contributed by atoms with Crippen LogP contribution in [-0.4, -0.2) is 24.1 Å². The maximum Gasteiger partial charge on any atom is 0.303 e. The number of ether oxygens (including phenoxy) is 1. The van der Waals surface area contributed by atoms with Gasteiger partial charge in [0.1, 0.15) is 5.82 Å². The molecule has 0 spiro atoms. The van der Waals surface area contributed by atoms with E-state index in [1.54, 1.807) is 0 Å². The van der Waals surface area contributed by atoms with E-state index in [0.29, 0.717) is 0 Å². The van der Waals surface area contributed by atoms with E-state index in [-0.39, 0.29) is 30.7 Å². The molecule has 104 valence electrons. The van der Waals surface area contributed by atoms with E-state index in [1.807, 2.05) is 0 Å². The lowest BCUT2D eigenvalue weighted by Crippen LogP contribution is -2.23. The normalized spacial score (nSPS) is 10.1. The molecule has 1 amide bonds. The molecule has 0 saturated heterocycles. The van der Waals surface area contributed by atoms with Gasteiger partial charge in [-0.2, -0.15) is 0 Å². The Labute approximate surface area is 108 Å². The number of carbonyl (C=O) groups is 2. The second-order valence-electron chi connectivity index (χ2n) is 3.75. The molecule has 1 aromatic rings. The SMILES string of the molecule is COc1cc(F)c(CNC(=O)CCC(=O)O)cc1F. The molecule has 7 heteroatoms. The highest BCUT2D eigenvalue weighted by Gasteiger charge is 2.11. The fourth-order valence-corrected chi connectivity index (χ4v) is 1.36. The first-order chi connectivity index (χ1) is 8.93. The van der Waals surface area contributed by atoms with Crippen molar-refractivity contribution in [3.05, 3.63) is 29.3 Å². The zero-order chi connectivity index (χ0) is 14.4. The highest BCUT2D eigenvalue weighted by atomic mass is 19.1. The Balaban J connectivity index is 2.60. The van der Waals surface area contributed by atoms with Gasteiger partial charge >= 0.3 is 5.97 Å². The van der Waals surface area contributed by atoms with Crippen LogP contribution < -0.4 is 10.1 Å². The third-order valence-corrected chi connectivity index (χ3v) is 2.36. The predicted octanol–water partition coefficient (Wildman–Crippen LogP) is 1.45. The van der Waals surface area contributed by atoms with E-state index in [2.05, 4.69) is 10.1 Å². The van der Waals surface area contributed by atoms with Gasteiger partial charge in [0.05, 0.1) is 13.5 Å². The summed E-state index contributed by atoms with van der Waals surface area (Å²) in [6.45, 7) is -0.217. The minimum Gasteiger partial charge on any atom is -0.494 e. The average Bonchev–Trinajstić information content (AvgIpc) is 2.36. The quantitative estimate of drug-likeness (QED) is 0.822. The maximum absolute atomic E-state index is 13.5. The van der Waals surface area contributed by atoms with Crippen LogP contribution in [0.2, 0.25) is 0 Å². The van der Waals surface area contributed by atoms with Crippen LogP contribution in [0.1, 0.15) is 18.4 Å². The highest BCUT2D eigenvalue weighted by Crippen LogP contribution is 2.21. The third-order valence-electron chi connectivity index (χ3n) is 2.36. The molecule has 0 saturated carbocycles. The fourth-order valence-electron chi connectivity index (χ4n) is 1.36. The minimum absolute atomic E-state index is 0.0398. The van der Waals surface area contributed by atoms with Crippen molar-refractivity contribution < 1.29 is 28.2 Å². The summed E-state index contributed by atoms with van der Waals surface area (Å²) >= 11 is 0. The van der Waals surface area contributed by atoms with Crippen molar-refractivity contribution >= 4 is 11.9 Å². The zero-order valence-corrected chi connectivity index (χ0v) is 10.2. The van der Waals surface area contributed by atoms with Crippen molar-refractivity contribution in [2.45, 2.75) is 19.4 Å². The van der Waals surface area contributed by atoms with E-state index in [1.165, 1.54) is 7.11 Å². The number of hydrogen-bond donors (Lipinski definition) is 2. The number of halogens is 2. The summed E-state index contributed by atoms with van der Waals surface area (Å²) in [5, 5.41) is 10.7. The van der Waals surface area contributed by atoms with Crippen LogP contribution in [0.5, 0.6) is 5.75 Å². The van der Waals surface area contributed by atoms with Crippen LogP contribution in [-0.2, 0) is 16.1 Å². The Morgan fingerprint density at radius 1 is 1.26 bits per heavy atom. The Morgan fingerprint density at radius 3 is 2.53 bits per heavy atom. The molecular formula is C12H13F2NO4. The first-order valence-corrected chi connectivity index (χ1v) is 5.44. The highest BCUT2D eigenvalue weighted by molar-refractivity contribution is 5.80. The molecule has 0 aromatic heterocycles. The molecule has 19 heavy (non-hydrogen) atoms. The first kappa shape index (κ1) is 14.9. The Hall–Kier alpha value is -2.18. The lowest BCUT2D eigenvalue weighted by molar-refractivity contribution is -0.138. The lowest BCUT2D eigenvalue weighted by atomic mass is 10.2. The van der Waals surface area contributed by atoms with Crippen molar-refractivity contribution in [1.29, 1.82) is 0 Å². The predicted molar refractivity (Wildman–Crippen MR) is 61.6 cm³/mol. The molecule has 0 radical (unpaired) electrons. The monoisotopic (exact) mass is 273 g/mol. The van der Waals surface area contributed by atoms with Crippen LogP contribution >= 0.6 is 0 Å². The first-order valence-electron chi connectivity index (χ1n) is 5.44. The van der Waals surface area contributed by atoms with Gasteiger partial charge in [-0.25, -0.2) is 8.78 Å². The second kappa shape index (κ2) is 6.67. The summed E-state index contributed by atoms with van der Waals surface area (Å²) in [6.07, 6.45) is -0.527. The van der Waals surface area contributed by atoms with Crippen LogP contribution in [0, 0.1) is 11.6 Å². The summed E-state index contributed by atoms with van der Waals surface area (Å²) in [5.41, 5.74) is -0.0398. The molecule has 2 N–H and O–H groups in total. The lowest BCUT2D eigenvalue weighted by Gasteiger charge is -2.08. The minimum atomic E-state index is -1.10. The summed E-state index contributed by atoms with van der Waals surface area (Å²) in [7, 11) is 1.21. The van der Waals surface area contributed by atoms with Crippen molar-refractivity contribution in [3.63, 3.8) is 0 Å². The van der Waals surface area contributed by atoms with Crippen molar-refractivity contribution in [2.24, 2.45) is 0 Å². The van der Waals surface area contributed by atoms with E-state index < -0.39 is 23.5 Å². The zero-order valence-electron chi connectivity index (χ0n) is 10.2. The van der Waals surface area contributed by atoms with Gasteiger partial charge in [-0.15, -0.1) is 0 Å². The molecule has 1 rings (SSSR count). The number of nitrogens with one attached hydrogen (secondary N) is 1. The second-order valence-corrected chi connectivity index (χ2v) is 3.75. The molecule has 5 nitrogen and oxygen atoms in total. The van der Waals surface area contributed by atoms with E-state index >= 15 is 0 Å². The topological polar surface area (TPSA) is 75.6 Å². The van der Waals surface area contributed by atoms with E-state index in [9.17, 15) is 18.4 Å². The summed E-state index contributed by atoms with van der Waals surface area (Å²) in [6, 6.07) is 1.81. The van der Waals surface area contributed by atoms with Gasteiger partial charge in [-0.3, -0.25) is 9.59 Å². The van der Waals surface area contributed by atoms with E-state index in [4.69, 9.17) is 5.11 Å². The molecular weight excluding hydrogens is 260 g/mol. The molecule has 0 heterocycles. The number of methoxy groups -OCH3 is 1. The largest absolute Gasteiger partial charge is 0.494 e. The molecule has 0 aliphatic rings. The van der Waals surface area contributed by atoms with Crippen molar-refractivity contribution in [2.75, 3.05) is 7.11 Å². The van der Waals surface area contributed by atoms with Crippen molar-refractivity contribution in [3.8, 4) is 5.75 Å². The number of benzene rings is 1. The summed E-state index contributed by atoms with van der Waals surface area (Å²) in [5.74, 6) is -3.32. The number of carboxylic acids is 1. The van der Waals surface area contributed by atoms with Crippen LogP contribution in [0.4, 0.5) is 8.78 Å². The van der Waals surface area contributed by atoms with Gasteiger partial charge in [0.15, 0.2) is 11.6 Å².